The van der Waals surface area contributed by atoms with E-state index in [1.165, 1.54) is 13.2 Å². The van der Waals surface area contributed by atoms with Gasteiger partial charge in [0.05, 0.1) is 17.7 Å². The van der Waals surface area contributed by atoms with Gasteiger partial charge in [0, 0.05) is 11.3 Å². The third-order valence-electron chi connectivity index (χ3n) is 5.22. The molecule has 34 heavy (non-hydrogen) atoms. The second kappa shape index (κ2) is 9.40. The zero-order valence-corrected chi connectivity index (χ0v) is 19.6. The maximum Gasteiger partial charge on any atom is 0.262 e. The Labute approximate surface area is 197 Å². The van der Waals surface area contributed by atoms with Crippen molar-refractivity contribution in [3.8, 4) is 17.0 Å². The van der Waals surface area contributed by atoms with E-state index in [0.29, 0.717) is 34.1 Å². The van der Waals surface area contributed by atoms with Gasteiger partial charge in [-0.2, -0.15) is 0 Å². The van der Waals surface area contributed by atoms with Gasteiger partial charge in [0.2, 0.25) is 0 Å². The molecule has 3 aromatic carbocycles. The maximum absolute atomic E-state index is 13.1. The van der Waals surface area contributed by atoms with Crippen molar-refractivity contribution in [3.05, 3.63) is 89.7 Å². The number of ether oxygens (including phenoxy) is 1. The monoisotopic (exact) mass is 477 g/mol. The van der Waals surface area contributed by atoms with Crippen molar-refractivity contribution in [3.63, 3.8) is 0 Å². The Morgan fingerprint density at radius 2 is 1.68 bits per heavy atom. The van der Waals surface area contributed by atoms with Gasteiger partial charge in [-0.1, -0.05) is 53.7 Å². The van der Waals surface area contributed by atoms with Crippen LogP contribution in [0.2, 0.25) is 0 Å². The van der Waals surface area contributed by atoms with E-state index in [-0.39, 0.29) is 10.5 Å². The number of anilines is 2. The molecule has 0 bridgehead atoms. The van der Waals surface area contributed by atoms with Gasteiger partial charge in [-0.3, -0.25) is 9.52 Å². The number of nitrogens with one attached hydrogen (secondary N) is 2. The Morgan fingerprint density at radius 1 is 0.971 bits per heavy atom. The summed E-state index contributed by atoms with van der Waals surface area (Å²) in [5.74, 6) is 0.293. The average molecular weight is 478 g/mol. The summed E-state index contributed by atoms with van der Waals surface area (Å²) in [6, 6.07) is 20.6. The molecule has 0 radical (unpaired) electrons. The van der Waals surface area contributed by atoms with Crippen molar-refractivity contribution in [2.75, 3.05) is 17.1 Å². The molecule has 1 heterocycles. The number of carbonyl (C=O) groups excluding carboxylic acids is 1. The van der Waals surface area contributed by atoms with Crippen molar-refractivity contribution < 1.29 is 22.5 Å². The fourth-order valence-electron chi connectivity index (χ4n) is 3.52. The highest BCUT2D eigenvalue weighted by molar-refractivity contribution is 7.92. The number of nitrogens with zero attached hydrogens (tertiary/aromatic N) is 1. The average Bonchev–Trinajstić information content (AvgIpc) is 3.22. The standard InChI is InChI=1S/C25H23N3O5S/c1-16-13-14-19(15-22(16)34(30,31)28-20-11-7-8-12-21(20)32-3)26-25(29)23-17(2)33-27-24(23)18-9-5-4-6-10-18/h4-15,28H,1-3H3,(H,26,29). The molecule has 0 aliphatic rings. The molecule has 2 N–H and O–H groups in total. The summed E-state index contributed by atoms with van der Waals surface area (Å²) in [5.41, 5.74) is 2.57. The molecule has 0 aliphatic carbocycles. The topological polar surface area (TPSA) is 111 Å². The molecule has 4 aromatic rings. The lowest BCUT2D eigenvalue weighted by Crippen LogP contribution is -2.17. The molecule has 0 saturated heterocycles. The molecule has 0 saturated carbocycles. The number of sulfonamides is 1. The first-order valence-electron chi connectivity index (χ1n) is 10.4. The molecule has 9 heteroatoms. The summed E-state index contributed by atoms with van der Waals surface area (Å²) >= 11 is 0. The van der Waals surface area contributed by atoms with Gasteiger partial charge in [-0.15, -0.1) is 0 Å². The van der Waals surface area contributed by atoms with Crippen molar-refractivity contribution in [1.82, 2.24) is 5.16 Å². The number of hydrogen-bond acceptors (Lipinski definition) is 6. The summed E-state index contributed by atoms with van der Waals surface area (Å²) in [7, 11) is -2.50. The van der Waals surface area contributed by atoms with Crippen LogP contribution in [-0.4, -0.2) is 26.6 Å². The molecule has 1 aromatic heterocycles. The fraction of sp³-hybridized carbons (Fsp3) is 0.120. The zero-order chi connectivity index (χ0) is 24.3. The molecule has 174 valence electrons. The summed E-state index contributed by atoms with van der Waals surface area (Å²) in [6.07, 6.45) is 0. The second-order valence-electron chi connectivity index (χ2n) is 7.57. The quantitative estimate of drug-likeness (QED) is 0.387. The molecule has 0 spiro atoms. The van der Waals surface area contributed by atoms with Gasteiger partial charge in [0.25, 0.3) is 15.9 Å². The van der Waals surface area contributed by atoms with E-state index in [1.54, 1.807) is 50.2 Å². The number of methoxy groups -OCH3 is 1. The van der Waals surface area contributed by atoms with E-state index >= 15 is 0 Å². The molecule has 1 amide bonds. The normalized spacial score (nSPS) is 11.1. The summed E-state index contributed by atoms with van der Waals surface area (Å²) in [6.45, 7) is 3.33. The number of hydrogen-bond donors (Lipinski definition) is 2. The molecule has 8 nitrogen and oxygen atoms in total. The highest BCUT2D eigenvalue weighted by atomic mass is 32.2. The lowest BCUT2D eigenvalue weighted by atomic mass is 10.1. The minimum Gasteiger partial charge on any atom is -0.495 e. The van der Waals surface area contributed by atoms with Crippen LogP contribution in [0.1, 0.15) is 21.7 Å². The second-order valence-corrected chi connectivity index (χ2v) is 9.22. The van der Waals surface area contributed by atoms with Gasteiger partial charge in [-0.25, -0.2) is 8.42 Å². The molecule has 4 rings (SSSR count). The van der Waals surface area contributed by atoms with Crippen LogP contribution in [0.15, 0.2) is 82.2 Å². The first-order valence-corrected chi connectivity index (χ1v) is 11.9. The van der Waals surface area contributed by atoms with Crippen molar-refractivity contribution in [2.24, 2.45) is 0 Å². The molecule has 0 unspecified atom stereocenters. The Bertz CT molecular complexity index is 1450. The summed E-state index contributed by atoms with van der Waals surface area (Å²) in [4.78, 5) is 13.1. The van der Waals surface area contributed by atoms with Crippen LogP contribution in [0.3, 0.4) is 0 Å². The highest BCUT2D eigenvalue weighted by Gasteiger charge is 2.23. The number of para-hydroxylation sites is 2. The lowest BCUT2D eigenvalue weighted by molar-refractivity contribution is 0.102. The minimum absolute atomic E-state index is 0.0292. The summed E-state index contributed by atoms with van der Waals surface area (Å²) in [5, 5.41) is 6.79. The number of aromatic nitrogens is 1. The van der Waals surface area contributed by atoms with Crippen molar-refractivity contribution in [1.29, 1.82) is 0 Å². The first kappa shape index (κ1) is 23.1. The Hall–Kier alpha value is -4.11. The van der Waals surface area contributed by atoms with Crippen molar-refractivity contribution in [2.45, 2.75) is 18.7 Å². The molecule has 0 aliphatic heterocycles. The maximum atomic E-state index is 13.1. The van der Waals surface area contributed by atoms with Crippen LogP contribution in [0.5, 0.6) is 5.75 Å². The smallest absolute Gasteiger partial charge is 0.262 e. The number of rotatable bonds is 7. The van der Waals surface area contributed by atoms with Crippen LogP contribution < -0.4 is 14.8 Å². The fourth-order valence-corrected chi connectivity index (χ4v) is 4.86. The molecule has 0 atom stereocenters. The van der Waals surface area contributed by atoms with Gasteiger partial charge in [0.1, 0.15) is 22.8 Å². The van der Waals surface area contributed by atoms with Crippen LogP contribution in [-0.2, 0) is 10.0 Å². The van der Waals surface area contributed by atoms with Crippen LogP contribution in [0, 0.1) is 13.8 Å². The number of benzene rings is 3. The van der Waals surface area contributed by atoms with E-state index in [0.717, 1.165) is 5.56 Å². The predicted molar refractivity (Wildman–Crippen MR) is 130 cm³/mol. The Balaban J connectivity index is 1.64. The SMILES string of the molecule is COc1ccccc1NS(=O)(=O)c1cc(NC(=O)c2c(-c3ccccc3)noc2C)ccc1C. The largest absolute Gasteiger partial charge is 0.495 e. The van der Waals surface area contributed by atoms with E-state index in [4.69, 9.17) is 9.26 Å². The van der Waals surface area contributed by atoms with Crippen molar-refractivity contribution >= 4 is 27.3 Å². The summed E-state index contributed by atoms with van der Waals surface area (Å²) < 4.78 is 39.3. The zero-order valence-electron chi connectivity index (χ0n) is 18.8. The molecular formula is C25H23N3O5S. The Kier molecular flexibility index (Phi) is 6.38. The van der Waals surface area contributed by atoms with E-state index in [9.17, 15) is 13.2 Å². The Morgan fingerprint density at radius 3 is 2.41 bits per heavy atom. The van der Waals surface area contributed by atoms with E-state index in [2.05, 4.69) is 15.2 Å². The van der Waals surface area contributed by atoms with E-state index < -0.39 is 15.9 Å². The first-order chi connectivity index (χ1) is 16.3. The van der Waals surface area contributed by atoms with Gasteiger partial charge in [-0.05, 0) is 43.7 Å². The predicted octanol–water partition coefficient (Wildman–Crippen LogP) is 5.02. The van der Waals surface area contributed by atoms with Crippen LogP contribution >= 0.6 is 0 Å². The van der Waals surface area contributed by atoms with Gasteiger partial charge >= 0.3 is 0 Å². The van der Waals surface area contributed by atoms with Gasteiger partial charge < -0.3 is 14.6 Å². The number of aryl methyl sites for hydroxylation is 2. The van der Waals surface area contributed by atoms with Gasteiger partial charge in [0.15, 0.2) is 0 Å². The molecule has 0 fully saturated rings. The minimum atomic E-state index is -3.96. The third-order valence-corrected chi connectivity index (χ3v) is 6.73. The van der Waals surface area contributed by atoms with E-state index in [1.807, 2.05) is 30.3 Å². The highest BCUT2D eigenvalue weighted by Crippen LogP contribution is 2.29. The number of carbonyl (C=O) groups is 1. The van der Waals surface area contributed by atoms with Crippen LogP contribution in [0.25, 0.3) is 11.3 Å². The molecular weight excluding hydrogens is 454 g/mol. The van der Waals surface area contributed by atoms with Crippen LogP contribution in [0.4, 0.5) is 11.4 Å². The number of amides is 1. The lowest BCUT2D eigenvalue weighted by Gasteiger charge is -2.14. The third kappa shape index (κ3) is 4.65.